The van der Waals surface area contributed by atoms with Crippen LogP contribution in [0.5, 0.6) is 11.5 Å². The molecule has 0 aliphatic heterocycles. The van der Waals surface area contributed by atoms with Gasteiger partial charge in [-0.15, -0.1) is 0 Å². The second-order valence-corrected chi connectivity index (χ2v) is 4.50. The molecule has 20 heavy (non-hydrogen) atoms. The first kappa shape index (κ1) is 14.4. The molecule has 1 N–H and O–H groups in total. The highest BCUT2D eigenvalue weighted by Crippen LogP contribution is 2.30. The van der Waals surface area contributed by atoms with Crippen LogP contribution in [0.25, 0.3) is 0 Å². The van der Waals surface area contributed by atoms with Crippen LogP contribution in [-0.2, 0) is 13.2 Å². The van der Waals surface area contributed by atoms with Gasteiger partial charge in [-0.1, -0.05) is 0 Å². The zero-order valence-corrected chi connectivity index (χ0v) is 12.0. The van der Waals surface area contributed by atoms with E-state index < -0.39 is 6.10 Å². The first-order valence-electron chi connectivity index (χ1n) is 6.64. The molecule has 108 valence electrons. The van der Waals surface area contributed by atoms with Gasteiger partial charge in [-0.3, -0.25) is 0 Å². The second kappa shape index (κ2) is 6.43. The Morgan fingerprint density at radius 1 is 1.40 bits per heavy atom. The fourth-order valence-corrected chi connectivity index (χ4v) is 2.02. The second-order valence-electron chi connectivity index (χ2n) is 4.50. The van der Waals surface area contributed by atoms with E-state index in [0.29, 0.717) is 18.1 Å². The molecular formula is C15H20N2O3. The molecule has 1 aromatic heterocycles. The Morgan fingerprint density at radius 2 is 2.20 bits per heavy atom. The normalized spacial score (nSPS) is 12.2. The fraction of sp³-hybridized carbons (Fsp3) is 0.400. The van der Waals surface area contributed by atoms with Gasteiger partial charge in [0, 0.05) is 30.6 Å². The van der Waals surface area contributed by atoms with Gasteiger partial charge < -0.3 is 19.1 Å². The van der Waals surface area contributed by atoms with E-state index in [9.17, 15) is 5.11 Å². The molecule has 0 aliphatic rings. The zero-order chi connectivity index (χ0) is 14.5. The number of imidazole rings is 1. The molecule has 1 unspecified atom stereocenters. The fourth-order valence-electron chi connectivity index (χ4n) is 2.02. The van der Waals surface area contributed by atoms with Crippen molar-refractivity contribution in [2.45, 2.75) is 33.1 Å². The predicted molar refractivity (Wildman–Crippen MR) is 75.9 cm³/mol. The minimum Gasteiger partial charge on any atom is -0.497 e. The smallest absolute Gasteiger partial charge is 0.146 e. The Balaban J connectivity index is 2.19. The molecule has 2 rings (SSSR count). The first-order valence-corrected chi connectivity index (χ1v) is 6.64. The van der Waals surface area contributed by atoms with Gasteiger partial charge in [0.05, 0.1) is 13.2 Å². The number of rotatable bonds is 6. The van der Waals surface area contributed by atoms with Crippen molar-refractivity contribution in [2.24, 2.45) is 0 Å². The summed E-state index contributed by atoms with van der Waals surface area (Å²) in [4.78, 5) is 4.26. The summed E-state index contributed by atoms with van der Waals surface area (Å²) in [5, 5.41) is 9.78. The summed E-state index contributed by atoms with van der Waals surface area (Å²) in [6, 6.07) is 5.40. The Labute approximate surface area is 118 Å². The molecule has 1 aromatic carbocycles. The largest absolute Gasteiger partial charge is 0.497 e. The maximum Gasteiger partial charge on any atom is 0.146 e. The monoisotopic (exact) mass is 276 g/mol. The van der Waals surface area contributed by atoms with Gasteiger partial charge in [-0.2, -0.15) is 0 Å². The number of aliphatic hydroxyl groups excluding tert-OH is 1. The summed E-state index contributed by atoms with van der Waals surface area (Å²) >= 11 is 0. The number of benzene rings is 1. The lowest BCUT2D eigenvalue weighted by molar-refractivity contribution is 0.189. The molecule has 0 aliphatic carbocycles. The van der Waals surface area contributed by atoms with E-state index in [4.69, 9.17) is 9.47 Å². The molecule has 2 aromatic rings. The minimum atomic E-state index is -0.596. The third-order valence-electron chi connectivity index (χ3n) is 3.17. The van der Waals surface area contributed by atoms with Crippen molar-refractivity contribution in [3.63, 3.8) is 0 Å². The molecule has 0 saturated carbocycles. The average Bonchev–Trinajstić information content (AvgIpc) is 2.91. The van der Waals surface area contributed by atoms with Crippen LogP contribution in [0.4, 0.5) is 0 Å². The van der Waals surface area contributed by atoms with Crippen LogP contribution < -0.4 is 9.47 Å². The van der Waals surface area contributed by atoms with Gasteiger partial charge in [-0.05, 0) is 26.0 Å². The molecule has 0 saturated heterocycles. The Bertz CT molecular complexity index is 564. The predicted octanol–water partition coefficient (Wildman–Crippen LogP) is 2.54. The molecule has 1 heterocycles. The van der Waals surface area contributed by atoms with E-state index in [1.54, 1.807) is 26.3 Å². The maximum absolute atomic E-state index is 9.78. The Morgan fingerprint density at radius 3 is 2.85 bits per heavy atom. The number of aromatic nitrogens is 2. The number of ether oxygens (including phenoxy) is 2. The average molecular weight is 276 g/mol. The summed E-state index contributed by atoms with van der Waals surface area (Å²) < 4.78 is 13.0. The number of hydrogen-bond donors (Lipinski definition) is 1. The van der Waals surface area contributed by atoms with E-state index in [-0.39, 0.29) is 0 Å². The minimum absolute atomic E-state index is 0.355. The number of aryl methyl sites for hydroxylation is 1. The van der Waals surface area contributed by atoms with Gasteiger partial charge in [0.1, 0.15) is 23.9 Å². The van der Waals surface area contributed by atoms with Crippen LogP contribution in [0.15, 0.2) is 30.6 Å². The first-order chi connectivity index (χ1) is 9.65. The molecule has 0 radical (unpaired) electrons. The van der Waals surface area contributed by atoms with E-state index >= 15 is 0 Å². The lowest BCUT2D eigenvalue weighted by Crippen LogP contribution is -2.07. The molecule has 0 amide bonds. The molecule has 5 nitrogen and oxygen atoms in total. The Hall–Kier alpha value is -2.01. The molecule has 0 spiro atoms. The van der Waals surface area contributed by atoms with Crippen LogP contribution in [-0.4, -0.2) is 21.8 Å². The van der Waals surface area contributed by atoms with Crippen LogP contribution in [0.2, 0.25) is 0 Å². The molecule has 0 bridgehead atoms. The van der Waals surface area contributed by atoms with Crippen LogP contribution in [0.1, 0.15) is 31.3 Å². The van der Waals surface area contributed by atoms with Gasteiger partial charge >= 0.3 is 0 Å². The standard InChI is InChI=1S/C15H20N2O3/c1-4-17-8-7-16-15(17)10-20-14-9-12(19-3)5-6-13(14)11(2)18/h5-9,11,18H,4,10H2,1-3H3. The zero-order valence-electron chi connectivity index (χ0n) is 12.0. The summed E-state index contributed by atoms with van der Waals surface area (Å²) in [7, 11) is 1.60. The number of aliphatic hydroxyl groups is 1. The lowest BCUT2D eigenvalue weighted by Gasteiger charge is -2.15. The summed E-state index contributed by atoms with van der Waals surface area (Å²) in [5.74, 6) is 2.17. The van der Waals surface area contributed by atoms with E-state index in [1.807, 2.05) is 22.9 Å². The van der Waals surface area contributed by atoms with Crippen molar-refractivity contribution in [3.8, 4) is 11.5 Å². The van der Waals surface area contributed by atoms with Gasteiger partial charge in [0.15, 0.2) is 0 Å². The van der Waals surface area contributed by atoms with Crippen molar-refractivity contribution < 1.29 is 14.6 Å². The van der Waals surface area contributed by atoms with Crippen molar-refractivity contribution in [3.05, 3.63) is 42.0 Å². The van der Waals surface area contributed by atoms with Gasteiger partial charge in [-0.25, -0.2) is 4.98 Å². The number of hydrogen-bond acceptors (Lipinski definition) is 4. The third-order valence-corrected chi connectivity index (χ3v) is 3.17. The SMILES string of the molecule is CCn1ccnc1COc1cc(OC)ccc1C(C)O. The molecule has 0 fully saturated rings. The molecule has 1 atom stereocenters. The van der Waals surface area contributed by atoms with Crippen molar-refractivity contribution in [1.82, 2.24) is 9.55 Å². The quantitative estimate of drug-likeness (QED) is 0.881. The van der Waals surface area contributed by atoms with Crippen LogP contribution in [0, 0.1) is 0 Å². The number of nitrogens with zero attached hydrogens (tertiary/aromatic N) is 2. The summed E-state index contributed by atoms with van der Waals surface area (Å²) in [6.07, 6.45) is 3.07. The summed E-state index contributed by atoms with van der Waals surface area (Å²) in [5.41, 5.74) is 0.736. The highest BCUT2D eigenvalue weighted by atomic mass is 16.5. The molecule has 5 heteroatoms. The van der Waals surface area contributed by atoms with Crippen molar-refractivity contribution in [1.29, 1.82) is 0 Å². The van der Waals surface area contributed by atoms with Crippen molar-refractivity contribution >= 4 is 0 Å². The summed E-state index contributed by atoms with van der Waals surface area (Å²) in [6.45, 7) is 4.97. The van der Waals surface area contributed by atoms with E-state index in [1.165, 1.54) is 0 Å². The van der Waals surface area contributed by atoms with Gasteiger partial charge in [0.2, 0.25) is 0 Å². The van der Waals surface area contributed by atoms with E-state index in [0.717, 1.165) is 17.9 Å². The van der Waals surface area contributed by atoms with Crippen molar-refractivity contribution in [2.75, 3.05) is 7.11 Å². The topological polar surface area (TPSA) is 56.5 Å². The highest BCUT2D eigenvalue weighted by Gasteiger charge is 2.12. The van der Waals surface area contributed by atoms with E-state index in [2.05, 4.69) is 11.9 Å². The molecular weight excluding hydrogens is 256 g/mol. The van der Waals surface area contributed by atoms with Crippen LogP contribution in [0.3, 0.4) is 0 Å². The maximum atomic E-state index is 9.78. The van der Waals surface area contributed by atoms with Gasteiger partial charge in [0.25, 0.3) is 0 Å². The van der Waals surface area contributed by atoms with Crippen LogP contribution >= 0.6 is 0 Å². The lowest BCUT2D eigenvalue weighted by atomic mass is 10.1. The highest BCUT2D eigenvalue weighted by molar-refractivity contribution is 5.41. The Kier molecular flexibility index (Phi) is 4.63. The third kappa shape index (κ3) is 3.11. The number of methoxy groups -OCH3 is 1.